The summed E-state index contributed by atoms with van der Waals surface area (Å²) >= 11 is 6.34. The summed E-state index contributed by atoms with van der Waals surface area (Å²) in [7, 11) is 0. The van der Waals surface area contributed by atoms with Crippen LogP contribution in [-0.2, 0) is 9.59 Å². The molecule has 0 unspecified atom stereocenters. The van der Waals surface area contributed by atoms with Gasteiger partial charge in [0.1, 0.15) is 11.3 Å². The second kappa shape index (κ2) is 6.94. The fourth-order valence-electron chi connectivity index (χ4n) is 3.11. The maximum absolute atomic E-state index is 12.3. The van der Waals surface area contributed by atoms with Gasteiger partial charge in [0.25, 0.3) is 0 Å². The number of benzene rings is 1. The Labute approximate surface area is 148 Å². The normalized spacial score (nSPS) is 17.9. The van der Waals surface area contributed by atoms with Crippen LogP contribution in [0.5, 0.6) is 0 Å². The van der Waals surface area contributed by atoms with E-state index in [0.29, 0.717) is 10.6 Å². The molecule has 1 aromatic carbocycles. The molecular formula is C20H23ClO3. The van der Waals surface area contributed by atoms with Crippen molar-refractivity contribution < 1.29 is 14.7 Å². The zero-order valence-electron chi connectivity index (χ0n) is 14.8. The average molecular weight is 347 g/mol. The number of carbonyl (C=O) groups excluding carboxylic acids is 2. The van der Waals surface area contributed by atoms with Crippen LogP contribution in [0, 0.1) is 12.8 Å². The van der Waals surface area contributed by atoms with Crippen molar-refractivity contribution >= 4 is 34.5 Å². The van der Waals surface area contributed by atoms with Gasteiger partial charge in [-0.2, -0.15) is 0 Å². The average Bonchev–Trinajstić information content (AvgIpc) is 2.45. The van der Waals surface area contributed by atoms with Crippen molar-refractivity contribution in [3.63, 3.8) is 0 Å². The van der Waals surface area contributed by atoms with Crippen LogP contribution in [0.4, 0.5) is 0 Å². The molecule has 2 rings (SSSR count). The molecule has 1 fully saturated rings. The maximum atomic E-state index is 12.3. The van der Waals surface area contributed by atoms with Gasteiger partial charge in [0.05, 0.1) is 0 Å². The molecule has 1 saturated carbocycles. The van der Waals surface area contributed by atoms with E-state index in [9.17, 15) is 14.7 Å². The molecule has 24 heavy (non-hydrogen) atoms. The summed E-state index contributed by atoms with van der Waals surface area (Å²) in [6.07, 6.45) is 0.579. The molecule has 0 heterocycles. The van der Waals surface area contributed by atoms with Crippen molar-refractivity contribution in [2.24, 2.45) is 5.92 Å². The van der Waals surface area contributed by atoms with Crippen LogP contribution < -0.4 is 0 Å². The molecule has 0 saturated heterocycles. The Morgan fingerprint density at radius 1 is 1.12 bits per heavy atom. The van der Waals surface area contributed by atoms with Gasteiger partial charge in [-0.3, -0.25) is 9.59 Å². The molecule has 1 N–H and O–H groups in total. The molecule has 0 bridgehead atoms. The Morgan fingerprint density at radius 3 is 2.17 bits per heavy atom. The van der Waals surface area contributed by atoms with Crippen molar-refractivity contribution in [3.8, 4) is 0 Å². The number of aliphatic hydroxyl groups is 1. The summed E-state index contributed by atoms with van der Waals surface area (Å²) in [6.45, 7) is 9.67. The van der Waals surface area contributed by atoms with Gasteiger partial charge in [-0.1, -0.05) is 24.1 Å². The van der Waals surface area contributed by atoms with Gasteiger partial charge in [0.15, 0.2) is 11.6 Å². The summed E-state index contributed by atoms with van der Waals surface area (Å²) in [5.74, 6) is -0.776. The number of aliphatic hydroxyl groups excluding tert-OH is 1. The van der Waals surface area contributed by atoms with Crippen LogP contribution in [0.25, 0.3) is 11.3 Å². The highest BCUT2D eigenvalue weighted by molar-refractivity contribution is 6.32. The van der Waals surface area contributed by atoms with E-state index in [1.165, 1.54) is 0 Å². The minimum Gasteiger partial charge on any atom is -0.506 e. The SMILES string of the molecule is CC(C)=C(C)c1c(Cl)ccc(C(O)=C2C(=O)CC(C)CC2=O)c1C. The van der Waals surface area contributed by atoms with E-state index in [0.717, 1.165) is 22.3 Å². The van der Waals surface area contributed by atoms with Crippen molar-refractivity contribution in [1.82, 2.24) is 0 Å². The Balaban J connectivity index is 2.68. The highest BCUT2D eigenvalue weighted by Gasteiger charge is 2.32. The minimum absolute atomic E-state index is 0.0244. The first kappa shape index (κ1) is 18.5. The van der Waals surface area contributed by atoms with E-state index in [2.05, 4.69) is 0 Å². The summed E-state index contributed by atoms with van der Waals surface area (Å²) in [6, 6.07) is 3.36. The van der Waals surface area contributed by atoms with Crippen LogP contribution in [0.2, 0.25) is 5.02 Å². The quantitative estimate of drug-likeness (QED) is 0.449. The zero-order chi connectivity index (χ0) is 18.2. The molecule has 128 valence electrons. The minimum atomic E-state index is -0.286. The van der Waals surface area contributed by atoms with E-state index in [1.807, 2.05) is 34.6 Å². The lowest BCUT2D eigenvalue weighted by atomic mass is 9.82. The summed E-state index contributed by atoms with van der Waals surface area (Å²) in [5, 5.41) is 11.3. The van der Waals surface area contributed by atoms with Crippen molar-refractivity contribution in [1.29, 1.82) is 0 Å². The topological polar surface area (TPSA) is 54.4 Å². The van der Waals surface area contributed by atoms with Gasteiger partial charge in [-0.05, 0) is 62.4 Å². The van der Waals surface area contributed by atoms with E-state index in [1.54, 1.807) is 12.1 Å². The molecule has 0 aromatic heterocycles. The lowest BCUT2D eigenvalue weighted by molar-refractivity contribution is -0.125. The number of hydrogen-bond donors (Lipinski definition) is 1. The monoisotopic (exact) mass is 346 g/mol. The standard InChI is InChI=1S/C20H23ClO3/c1-10(2)12(4)18-13(5)14(6-7-15(18)21)20(24)19-16(22)8-11(3)9-17(19)23/h6-7,11,24H,8-9H2,1-5H3. The third-order valence-corrected chi connectivity index (χ3v) is 4.97. The van der Waals surface area contributed by atoms with E-state index >= 15 is 0 Å². The Kier molecular flexibility index (Phi) is 5.34. The Bertz CT molecular complexity index is 760. The smallest absolute Gasteiger partial charge is 0.170 e. The first-order valence-corrected chi connectivity index (χ1v) is 8.46. The van der Waals surface area contributed by atoms with Crippen LogP contribution >= 0.6 is 11.6 Å². The lowest BCUT2D eigenvalue weighted by Crippen LogP contribution is -2.25. The van der Waals surface area contributed by atoms with Crippen LogP contribution in [-0.4, -0.2) is 16.7 Å². The lowest BCUT2D eigenvalue weighted by Gasteiger charge is -2.21. The van der Waals surface area contributed by atoms with Crippen LogP contribution in [0.3, 0.4) is 0 Å². The second-order valence-electron chi connectivity index (χ2n) is 6.80. The number of allylic oxidation sites excluding steroid dienone is 3. The Morgan fingerprint density at radius 2 is 1.67 bits per heavy atom. The fraction of sp³-hybridized carbons (Fsp3) is 0.400. The van der Waals surface area contributed by atoms with E-state index < -0.39 is 0 Å². The number of Topliss-reactive ketones (excluding diaryl/α,β-unsaturated/α-hetero) is 2. The molecule has 0 spiro atoms. The highest BCUT2D eigenvalue weighted by Crippen LogP contribution is 2.35. The first-order valence-electron chi connectivity index (χ1n) is 8.08. The zero-order valence-corrected chi connectivity index (χ0v) is 15.5. The molecule has 1 aliphatic rings. The molecular weight excluding hydrogens is 324 g/mol. The molecule has 0 amide bonds. The van der Waals surface area contributed by atoms with Gasteiger partial charge >= 0.3 is 0 Å². The van der Waals surface area contributed by atoms with Crippen molar-refractivity contribution in [3.05, 3.63) is 45.0 Å². The van der Waals surface area contributed by atoms with Crippen molar-refractivity contribution in [2.45, 2.75) is 47.5 Å². The largest absolute Gasteiger partial charge is 0.506 e. The Hall–Kier alpha value is -1.87. The molecule has 3 nitrogen and oxygen atoms in total. The summed E-state index contributed by atoms with van der Waals surface area (Å²) < 4.78 is 0. The van der Waals surface area contributed by atoms with Gasteiger partial charge < -0.3 is 5.11 Å². The van der Waals surface area contributed by atoms with Gasteiger partial charge in [0, 0.05) is 23.4 Å². The fourth-order valence-corrected chi connectivity index (χ4v) is 3.46. The van der Waals surface area contributed by atoms with Crippen LogP contribution in [0.1, 0.15) is 57.2 Å². The maximum Gasteiger partial charge on any atom is 0.170 e. The number of hydrogen-bond acceptors (Lipinski definition) is 3. The predicted octanol–water partition coefficient (Wildman–Crippen LogP) is 5.30. The predicted molar refractivity (Wildman–Crippen MR) is 98.1 cm³/mol. The van der Waals surface area contributed by atoms with E-state index in [-0.39, 0.29) is 41.7 Å². The first-order chi connectivity index (χ1) is 11.1. The number of carbonyl (C=O) groups is 2. The number of ketones is 2. The molecule has 0 atom stereocenters. The molecule has 0 aliphatic heterocycles. The summed E-state index contributed by atoms with van der Waals surface area (Å²) in [4.78, 5) is 24.5. The highest BCUT2D eigenvalue weighted by atomic mass is 35.5. The van der Waals surface area contributed by atoms with Gasteiger partial charge in [-0.15, -0.1) is 0 Å². The van der Waals surface area contributed by atoms with Crippen LogP contribution in [0.15, 0.2) is 23.3 Å². The van der Waals surface area contributed by atoms with Crippen molar-refractivity contribution in [2.75, 3.05) is 0 Å². The third-order valence-electron chi connectivity index (χ3n) is 4.66. The molecule has 1 aromatic rings. The molecule has 0 radical (unpaired) electrons. The third kappa shape index (κ3) is 3.32. The summed E-state index contributed by atoms with van der Waals surface area (Å²) in [5.41, 5.74) is 4.16. The molecule has 1 aliphatic carbocycles. The van der Waals surface area contributed by atoms with E-state index in [4.69, 9.17) is 11.6 Å². The molecule has 4 heteroatoms. The second-order valence-corrected chi connectivity index (χ2v) is 7.21. The number of halogens is 1. The van der Waals surface area contributed by atoms with Gasteiger partial charge in [0.2, 0.25) is 0 Å². The number of rotatable bonds is 2. The van der Waals surface area contributed by atoms with Gasteiger partial charge in [-0.25, -0.2) is 0 Å².